The third-order valence-electron chi connectivity index (χ3n) is 5.43. The zero-order chi connectivity index (χ0) is 24.3. The van der Waals surface area contributed by atoms with Crippen LogP contribution in [0.3, 0.4) is 0 Å². The summed E-state index contributed by atoms with van der Waals surface area (Å²) in [7, 11) is 3.35. The van der Waals surface area contributed by atoms with Crippen molar-refractivity contribution < 1.29 is 23.1 Å². The van der Waals surface area contributed by atoms with Gasteiger partial charge in [0, 0.05) is 48.8 Å². The summed E-state index contributed by atoms with van der Waals surface area (Å²) in [6, 6.07) is 4.99. The first-order valence-corrected chi connectivity index (χ1v) is 10.6. The molecule has 0 fully saturated rings. The van der Waals surface area contributed by atoms with Crippen molar-refractivity contribution in [1.82, 2.24) is 10.3 Å². The van der Waals surface area contributed by atoms with Crippen LogP contribution < -0.4 is 15.1 Å². The summed E-state index contributed by atoms with van der Waals surface area (Å²) >= 11 is 6.44. The average Bonchev–Trinajstić information content (AvgIpc) is 2.79. The molecule has 0 saturated heterocycles. The molecule has 176 valence electrons. The maximum absolute atomic E-state index is 15.8. The van der Waals surface area contributed by atoms with Gasteiger partial charge in [-0.05, 0) is 26.1 Å². The Bertz CT molecular complexity index is 1180. The smallest absolute Gasteiger partial charge is 0.264 e. The highest BCUT2D eigenvalue weighted by Gasteiger charge is 2.27. The first-order chi connectivity index (χ1) is 15.8. The molecular formula is C23H24ClF3N4O2. The van der Waals surface area contributed by atoms with Crippen LogP contribution in [-0.2, 0) is 4.79 Å². The third-order valence-corrected chi connectivity index (χ3v) is 5.73. The van der Waals surface area contributed by atoms with Gasteiger partial charge in [0.05, 0.1) is 22.6 Å². The highest BCUT2D eigenvalue weighted by molar-refractivity contribution is 6.34. The van der Waals surface area contributed by atoms with Crippen LogP contribution in [0.5, 0.6) is 5.75 Å². The van der Waals surface area contributed by atoms with Gasteiger partial charge in [0.25, 0.3) is 6.43 Å². The average molecular weight is 481 g/mol. The fourth-order valence-electron chi connectivity index (χ4n) is 3.80. The number of aromatic hydroxyl groups is 1. The summed E-state index contributed by atoms with van der Waals surface area (Å²) in [6.07, 6.45) is -0.988. The molecule has 10 heteroatoms. The van der Waals surface area contributed by atoms with E-state index in [1.807, 2.05) is 11.8 Å². The molecule has 0 bridgehead atoms. The number of rotatable bonds is 9. The number of phenolic OH excluding ortho intramolecular Hbond substituents is 1. The van der Waals surface area contributed by atoms with Gasteiger partial charge in [-0.1, -0.05) is 23.7 Å². The summed E-state index contributed by atoms with van der Waals surface area (Å²) in [4.78, 5) is 19.0. The Hall–Kier alpha value is -3.04. The number of anilines is 2. The molecule has 0 radical (unpaired) electrons. The number of nitrogens with one attached hydrogen (secondary N) is 1. The molecule has 33 heavy (non-hydrogen) atoms. The minimum absolute atomic E-state index is 0.112. The van der Waals surface area contributed by atoms with Gasteiger partial charge in [-0.15, -0.1) is 0 Å². The number of halogens is 4. The van der Waals surface area contributed by atoms with Crippen LogP contribution in [0.25, 0.3) is 22.0 Å². The van der Waals surface area contributed by atoms with E-state index < -0.39 is 23.6 Å². The molecule has 1 amide bonds. The number of fused-ring (bicyclic) bond motifs is 1. The second-order valence-corrected chi connectivity index (χ2v) is 7.78. The van der Waals surface area contributed by atoms with Gasteiger partial charge in [-0.2, -0.15) is 0 Å². The van der Waals surface area contributed by atoms with Gasteiger partial charge < -0.3 is 20.2 Å². The number of hydrogen-bond acceptors (Lipinski definition) is 5. The lowest BCUT2D eigenvalue weighted by atomic mass is 9.96. The van der Waals surface area contributed by atoms with E-state index in [4.69, 9.17) is 11.6 Å². The Morgan fingerprint density at radius 1 is 1.30 bits per heavy atom. The van der Waals surface area contributed by atoms with Gasteiger partial charge in [-0.25, -0.2) is 13.2 Å². The molecule has 0 aliphatic carbocycles. The zero-order valence-electron chi connectivity index (χ0n) is 18.4. The molecule has 0 unspecified atom stereocenters. The molecule has 6 nitrogen and oxygen atoms in total. The normalized spacial score (nSPS) is 11.3. The van der Waals surface area contributed by atoms with Gasteiger partial charge >= 0.3 is 0 Å². The number of carbonyl (C=O) groups excluding carboxylic acids is 1. The minimum Gasteiger partial charge on any atom is -0.507 e. The summed E-state index contributed by atoms with van der Waals surface area (Å²) in [5.41, 5.74) is -0.418. The van der Waals surface area contributed by atoms with Crippen LogP contribution >= 0.6 is 11.6 Å². The van der Waals surface area contributed by atoms with Crippen molar-refractivity contribution >= 4 is 40.3 Å². The van der Waals surface area contributed by atoms with Crippen molar-refractivity contribution in [3.63, 3.8) is 0 Å². The number of phenols is 1. The largest absolute Gasteiger partial charge is 0.507 e. The van der Waals surface area contributed by atoms with Crippen molar-refractivity contribution in [3.8, 4) is 16.9 Å². The molecular weight excluding hydrogens is 457 g/mol. The maximum atomic E-state index is 15.8. The van der Waals surface area contributed by atoms with Crippen molar-refractivity contribution in [3.05, 3.63) is 46.9 Å². The topological polar surface area (TPSA) is 68.7 Å². The number of nitrogens with zero attached hydrogens (tertiary/aromatic N) is 3. The van der Waals surface area contributed by atoms with E-state index in [2.05, 4.69) is 10.3 Å². The molecule has 0 spiro atoms. The summed E-state index contributed by atoms with van der Waals surface area (Å²) in [5.74, 6) is -1.46. The molecule has 0 aliphatic rings. The van der Waals surface area contributed by atoms with Crippen LogP contribution in [0, 0.1) is 5.82 Å². The fraction of sp³-hybridized carbons (Fsp3) is 0.304. The second kappa shape index (κ2) is 10.3. The van der Waals surface area contributed by atoms with Crippen LogP contribution in [0.2, 0.25) is 5.02 Å². The van der Waals surface area contributed by atoms with E-state index >= 15 is 4.39 Å². The number of aromatic nitrogens is 1. The molecule has 2 aromatic carbocycles. The predicted octanol–water partition coefficient (Wildman–Crippen LogP) is 4.98. The van der Waals surface area contributed by atoms with Gasteiger partial charge in [0.2, 0.25) is 6.41 Å². The standard InChI is InChI=1S/C23H24ClF3N4O2/c1-4-31(9-8-28-2)22-14-10-15(24)19(18-13(23(26)27)6-5-7-17(18)33)20(25)21(14)29-11-16(22)30(3)12-32/h5-7,10-12,23,28,33H,4,8-9H2,1-3H3. The fourth-order valence-corrected chi connectivity index (χ4v) is 4.09. The quantitative estimate of drug-likeness (QED) is 0.423. The predicted molar refractivity (Wildman–Crippen MR) is 125 cm³/mol. The highest BCUT2D eigenvalue weighted by Crippen LogP contribution is 2.46. The van der Waals surface area contributed by atoms with E-state index in [0.717, 1.165) is 6.07 Å². The number of likely N-dealkylation sites (N-methyl/N-ethyl adjacent to an activating group) is 2. The Kier molecular flexibility index (Phi) is 7.65. The molecule has 3 aromatic rings. The van der Waals surface area contributed by atoms with Crippen LogP contribution in [0.15, 0.2) is 30.5 Å². The number of pyridine rings is 1. The van der Waals surface area contributed by atoms with Crippen molar-refractivity contribution in [2.45, 2.75) is 13.3 Å². The van der Waals surface area contributed by atoms with E-state index in [-0.39, 0.29) is 21.7 Å². The molecule has 1 aromatic heterocycles. The number of carbonyl (C=O) groups is 1. The lowest BCUT2D eigenvalue weighted by Gasteiger charge is -2.29. The Morgan fingerprint density at radius 2 is 2.03 bits per heavy atom. The van der Waals surface area contributed by atoms with Crippen molar-refractivity contribution in [1.29, 1.82) is 0 Å². The molecule has 2 N–H and O–H groups in total. The number of hydrogen-bond donors (Lipinski definition) is 2. The van der Waals surface area contributed by atoms with E-state index in [9.17, 15) is 18.7 Å². The Morgan fingerprint density at radius 3 is 2.64 bits per heavy atom. The number of amides is 1. The second-order valence-electron chi connectivity index (χ2n) is 7.38. The van der Waals surface area contributed by atoms with E-state index in [0.29, 0.717) is 42.8 Å². The number of alkyl halides is 2. The molecule has 0 saturated carbocycles. The number of benzene rings is 2. The third kappa shape index (κ3) is 4.56. The molecule has 3 rings (SSSR count). The monoisotopic (exact) mass is 480 g/mol. The summed E-state index contributed by atoms with van der Waals surface area (Å²) in [5, 5.41) is 13.5. The van der Waals surface area contributed by atoms with E-state index in [1.54, 1.807) is 14.1 Å². The first-order valence-electron chi connectivity index (χ1n) is 10.2. The Labute approximate surface area is 194 Å². The van der Waals surface area contributed by atoms with Crippen LogP contribution in [-0.4, -0.2) is 50.2 Å². The Balaban J connectivity index is 2.39. The van der Waals surface area contributed by atoms with Gasteiger partial charge in [-0.3, -0.25) is 9.78 Å². The van der Waals surface area contributed by atoms with Gasteiger partial charge in [0.1, 0.15) is 11.3 Å². The van der Waals surface area contributed by atoms with E-state index in [1.165, 1.54) is 29.3 Å². The summed E-state index contributed by atoms with van der Waals surface area (Å²) < 4.78 is 43.1. The van der Waals surface area contributed by atoms with Crippen molar-refractivity contribution in [2.75, 3.05) is 43.5 Å². The minimum atomic E-state index is -2.96. The molecule has 0 aliphatic heterocycles. The van der Waals surface area contributed by atoms with Crippen LogP contribution in [0.4, 0.5) is 24.5 Å². The molecule has 1 heterocycles. The zero-order valence-corrected chi connectivity index (χ0v) is 19.1. The lowest BCUT2D eigenvalue weighted by molar-refractivity contribution is -0.107. The van der Waals surface area contributed by atoms with Gasteiger partial charge in [0.15, 0.2) is 5.82 Å². The molecule has 0 atom stereocenters. The summed E-state index contributed by atoms with van der Waals surface area (Å²) in [6.45, 7) is 3.61. The van der Waals surface area contributed by atoms with Crippen molar-refractivity contribution in [2.24, 2.45) is 0 Å². The first kappa shape index (κ1) is 24.6. The maximum Gasteiger partial charge on any atom is 0.264 e. The highest BCUT2D eigenvalue weighted by atomic mass is 35.5. The van der Waals surface area contributed by atoms with Crippen LogP contribution in [0.1, 0.15) is 18.9 Å². The lowest BCUT2D eigenvalue weighted by Crippen LogP contribution is -2.32. The SMILES string of the molecule is CCN(CCNC)c1c(N(C)C=O)cnc2c(F)c(-c3c(O)cccc3C(F)F)c(Cl)cc12.